The van der Waals surface area contributed by atoms with E-state index >= 15 is 0 Å². The van der Waals surface area contributed by atoms with Gasteiger partial charge in [-0.15, -0.1) is 0 Å². The molecule has 1 rings (SSSR count). The molecule has 0 heterocycles. The summed E-state index contributed by atoms with van der Waals surface area (Å²) in [5.41, 5.74) is -0.130. The summed E-state index contributed by atoms with van der Waals surface area (Å²) < 4.78 is 0. The van der Waals surface area contributed by atoms with E-state index < -0.39 is 11.7 Å². The van der Waals surface area contributed by atoms with Gasteiger partial charge in [0.15, 0.2) is 5.78 Å². The van der Waals surface area contributed by atoms with Crippen molar-refractivity contribution >= 4 is 5.78 Å². The average molecular weight is 252 g/mol. The molecular formula is C15H24O3. The van der Waals surface area contributed by atoms with Crippen LogP contribution in [0, 0.1) is 11.8 Å². The standard InChI is InChI=1S/C15H24O3/c1-10(2)7-13(16)8-11(3)12-5-6-15(4,18)14(17)9-12/h5-7,11-12,14,17-18H,8-9H2,1-4H3/t11-,12+,14-,15-/m1/s1. The fourth-order valence-electron chi connectivity index (χ4n) is 2.28. The largest absolute Gasteiger partial charge is 0.390 e. The van der Waals surface area contributed by atoms with Crippen molar-refractivity contribution in [2.45, 2.75) is 52.2 Å². The molecule has 0 amide bonds. The SMILES string of the molecule is CC(C)=CC(=O)C[C@@H](C)[C@H]1C=C[C@@](C)(O)[C@H](O)C1. The highest BCUT2D eigenvalue weighted by atomic mass is 16.3. The Morgan fingerprint density at radius 3 is 2.67 bits per heavy atom. The Hall–Kier alpha value is -0.930. The molecule has 1 aliphatic rings. The molecule has 3 heteroatoms. The quantitative estimate of drug-likeness (QED) is 0.596. The first-order valence-corrected chi connectivity index (χ1v) is 6.50. The van der Waals surface area contributed by atoms with E-state index in [1.54, 1.807) is 19.1 Å². The second kappa shape index (κ2) is 5.81. The van der Waals surface area contributed by atoms with Gasteiger partial charge in [0.1, 0.15) is 5.60 Å². The van der Waals surface area contributed by atoms with Crippen LogP contribution in [-0.4, -0.2) is 27.7 Å². The van der Waals surface area contributed by atoms with Gasteiger partial charge in [-0.3, -0.25) is 4.79 Å². The van der Waals surface area contributed by atoms with Gasteiger partial charge in [-0.2, -0.15) is 0 Å². The van der Waals surface area contributed by atoms with Crippen LogP contribution < -0.4 is 0 Å². The van der Waals surface area contributed by atoms with Crippen LogP contribution >= 0.6 is 0 Å². The third kappa shape index (κ3) is 4.07. The van der Waals surface area contributed by atoms with Gasteiger partial charge in [-0.25, -0.2) is 0 Å². The minimum atomic E-state index is -1.14. The van der Waals surface area contributed by atoms with Crippen molar-refractivity contribution in [3.05, 3.63) is 23.8 Å². The van der Waals surface area contributed by atoms with E-state index in [-0.39, 0.29) is 17.6 Å². The lowest BCUT2D eigenvalue weighted by Crippen LogP contribution is -2.42. The van der Waals surface area contributed by atoms with Gasteiger partial charge >= 0.3 is 0 Å². The molecule has 0 bridgehead atoms. The molecule has 0 fully saturated rings. The number of carbonyl (C=O) groups is 1. The fraction of sp³-hybridized carbons (Fsp3) is 0.667. The van der Waals surface area contributed by atoms with Gasteiger partial charge in [0.2, 0.25) is 0 Å². The van der Waals surface area contributed by atoms with Gasteiger partial charge in [-0.05, 0) is 45.1 Å². The summed E-state index contributed by atoms with van der Waals surface area (Å²) in [4.78, 5) is 11.7. The minimum Gasteiger partial charge on any atom is -0.390 e. The van der Waals surface area contributed by atoms with Crippen molar-refractivity contribution in [1.29, 1.82) is 0 Å². The lowest BCUT2D eigenvalue weighted by atomic mass is 9.77. The van der Waals surface area contributed by atoms with Crippen LogP contribution in [0.2, 0.25) is 0 Å². The highest BCUT2D eigenvalue weighted by molar-refractivity contribution is 5.90. The van der Waals surface area contributed by atoms with Crippen molar-refractivity contribution in [2.24, 2.45) is 11.8 Å². The van der Waals surface area contributed by atoms with Crippen LogP contribution in [0.3, 0.4) is 0 Å². The Kier molecular flexibility index (Phi) is 4.88. The summed E-state index contributed by atoms with van der Waals surface area (Å²) in [5, 5.41) is 19.7. The highest BCUT2D eigenvalue weighted by Crippen LogP contribution is 2.31. The zero-order chi connectivity index (χ0) is 13.9. The van der Waals surface area contributed by atoms with Crippen molar-refractivity contribution in [3.8, 4) is 0 Å². The molecule has 0 aromatic rings. The maximum Gasteiger partial charge on any atom is 0.155 e. The Labute approximate surface area is 109 Å². The predicted octanol–water partition coefficient (Wildman–Crippen LogP) is 2.24. The van der Waals surface area contributed by atoms with E-state index in [1.807, 2.05) is 26.8 Å². The molecule has 0 saturated heterocycles. The Morgan fingerprint density at radius 2 is 2.17 bits per heavy atom. The molecule has 1 aliphatic carbocycles. The van der Waals surface area contributed by atoms with E-state index in [4.69, 9.17) is 0 Å². The third-order valence-corrected chi connectivity index (χ3v) is 3.55. The topological polar surface area (TPSA) is 57.5 Å². The van der Waals surface area contributed by atoms with Gasteiger partial charge in [-0.1, -0.05) is 24.6 Å². The zero-order valence-electron chi connectivity index (χ0n) is 11.7. The maximum atomic E-state index is 11.7. The van der Waals surface area contributed by atoms with Crippen LogP contribution in [0.1, 0.15) is 40.5 Å². The summed E-state index contributed by atoms with van der Waals surface area (Å²) in [6.45, 7) is 7.43. The van der Waals surface area contributed by atoms with Crippen LogP contribution in [0.5, 0.6) is 0 Å². The summed E-state index contributed by atoms with van der Waals surface area (Å²) in [5.74, 6) is 0.451. The first kappa shape index (κ1) is 15.1. The van der Waals surface area contributed by atoms with E-state index in [0.29, 0.717) is 12.8 Å². The first-order valence-electron chi connectivity index (χ1n) is 6.50. The van der Waals surface area contributed by atoms with Gasteiger partial charge < -0.3 is 10.2 Å². The van der Waals surface area contributed by atoms with Crippen LogP contribution in [0.15, 0.2) is 23.8 Å². The van der Waals surface area contributed by atoms with Crippen molar-refractivity contribution < 1.29 is 15.0 Å². The van der Waals surface area contributed by atoms with Crippen molar-refractivity contribution in [1.82, 2.24) is 0 Å². The molecule has 4 atom stereocenters. The molecule has 0 saturated carbocycles. The molecule has 0 aromatic carbocycles. The average Bonchev–Trinajstić information content (AvgIpc) is 2.20. The Morgan fingerprint density at radius 1 is 1.56 bits per heavy atom. The lowest BCUT2D eigenvalue weighted by molar-refractivity contribution is -0.115. The fourth-order valence-corrected chi connectivity index (χ4v) is 2.28. The molecule has 0 unspecified atom stereocenters. The van der Waals surface area contributed by atoms with Gasteiger partial charge in [0.05, 0.1) is 6.10 Å². The second-order valence-electron chi connectivity index (χ2n) is 5.87. The molecule has 0 radical (unpaired) electrons. The molecule has 2 N–H and O–H groups in total. The van der Waals surface area contributed by atoms with E-state index in [9.17, 15) is 15.0 Å². The molecule has 0 aromatic heterocycles. The lowest BCUT2D eigenvalue weighted by Gasteiger charge is -2.35. The van der Waals surface area contributed by atoms with Crippen molar-refractivity contribution in [2.75, 3.05) is 0 Å². The van der Waals surface area contributed by atoms with E-state index in [1.165, 1.54) is 0 Å². The summed E-state index contributed by atoms with van der Waals surface area (Å²) in [6, 6.07) is 0. The van der Waals surface area contributed by atoms with Gasteiger partial charge in [0.25, 0.3) is 0 Å². The molecular weight excluding hydrogens is 228 g/mol. The Balaban J connectivity index is 2.62. The number of aliphatic hydroxyl groups is 2. The first-order chi connectivity index (χ1) is 8.22. The number of carbonyl (C=O) groups excluding carboxylic acids is 1. The number of rotatable bonds is 4. The summed E-state index contributed by atoms with van der Waals surface area (Å²) in [7, 11) is 0. The second-order valence-corrected chi connectivity index (χ2v) is 5.87. The highest BCUT2D eigenvalue weighted by Gasteiger charge is 2.34. The van der Waals surface area contributed by atoms with Crippen LogP contribution in [0.25, 0.3) is 0 Å². The molecule has 0 spiro atoms. The molecule has 0 aliphatic heterocycles. The number of aliphatic hydroxyl groups excluding tert-OH is 1. The maximum absolute atomic E-state index is 11.7. The number of hydrogen-bond donors (Lipinski definition) is 2. The number of hydrogen-bond acceptors (Lipinski definition) is 3. The monoisotopic (exact) mass is 252 g/mol. The number of ketones is 1. The summed E-state index contributed by atoms with van der Waals surface area (Å²) >= 11 is 0. The molecule has 18 heavy (non-hydrogen) atoms. The van der Waals surface area contributed by atoms with Crippen molar-refractivity contribution in [3.63, 3.8) is 0 Å². The smallest absolute Gasteiger partial charge is 0.155 e. The zero-order valence-corrected chi connectivity index (χ0v) is 11.7. The minimum absolute atomic E-state index is 0.128. The Bertz CT molecular complexity index is 362. The van der Waals surface area contributed by atoms with Crippen LogP contribution in [0.4, 0.5) is 0 Å². The van der Waals surface area contributed by atoms with Gasteiger partial charge in [0, 0.05) is 6.42 Å². The normalized spacial score (nSPS) is 33.0. The summed E-state index contributed by atoms with van der Waals surface area (Å²) in [6.07, 6.45) is 5.46. The van der Waals surface area contributed by atoms with E-state index in [0.717, 1.165) is 5.57 Å². The number of allylic oxidation sites excluding steroid dienone is 3. The third-order valence-electron chi connectivity index (χ3n) is 3.55. The van der Waals surface area contributed by atoms with Crippen LogP contribution in [-0.2, 0) is 4.79 Å². The molecule has 102 valence electrons. The predicted molar refractivity (Wildman–Crippen MR) is 72.1 cm³/mol. The van der Waals surface area contributed by atoms with E-state index in [2.05, 4.69) is 0 Å². The molecule has 3 nitrogen and oxygen atoms in total.